The number of nitrogens with zero attached hydrogens (tertiary/aromatic N) is 2. The zero-order valence-electron chi connectivity index (χ0n) is 10.9. The molecule has 18 heavy (non-hydrogen) atoms. The smallest absolute Gasteiger partial charge is 0.163 e. The average molecular weight is 272 g/mol. The van der Waals surface area contributed by atoms with Gasteiger partial charge in [-0.1, -0.05) is 18.5 Å². The van der Waals surface area contributed by atoms with E-state index in [1.54, 1.807) is 6.07 Å². The molecule has 1 fully saturated rings. The first-order valence-corrected chi connectivity index (χ1v) is 6.45. The van der Waals surface area contributed by atoms with Crippen LogP contribution in [-0.4, -0.2) is 35.0 Å². The number of aryl methyl sites for hydroxylation is 1. The number of ether oxygens (including phenoxy) is 2. The van der Waals surface area contributed by atoms with Gasteiger partial charge in [0.15, 0.2) is 5.79 Å². The van der Waals surface area contributed by atoms with Crippen molar-refractivity contribution in [3.05, 3.63) is 17.0 Å². The van der Waals surface area contributed by atoms with Gasteiger partial charge in [0, 0.05) is 19.0 Å². The lowest BCUT2D eigenvalue weighted by Gasteiger charge is -2.17. The molecule has 0 amide bonds. The van der Waals surface area contributed by atoms with E-state index in [4.69, 9.17) is 21.1 Å². The molecule has 1 aliphatic heterocycles. The molecule has 1 N–H and O–H groups in total. The van der Waals surface area contributed by atoms with E-state index in [0.717, 1.165) is 18.1 Å². The van der Waals surface area contributed by atoms with Crippen LogP contribution in [0.1, 0.15) is 26.6 Å². The van der Waals surface area contributed by atoms with Crippen LogP contribution in [0.4, 0.5) is 5.82 Å². The summed E-state index contributed by atoms with van der Waals surface area (Å²) < 4.78 is 11.2. The fourth-order valence-corrected chi connectivity index (χ4v) is 2.00. The van der Waals surface area contributed by atoms with Gasteiger partial charge in [0.1, 0.15) is 22.9 Å². The third-order valence-electron chi connectivity index (χ3n) is 2.64. The molecule has 1 aliphatic rings. The predicted octanol–water partition coefficient (Wildman–Crippen LogP) is 2.26. The molecular weight excluding hydrogens is 254 g/mol. The Balaban J connectivity index is 1.92. The zero-order chi connectivity index (χ0) is 13.2. The second kappa shape index (κ2) is 5.38. The molecule has 2 heterocycles. The van der Waals surface area contributed by atoms with Gasteiger partial charge in [-0.3, -0.25) is 0 Å². The molecule has 0 aromatic carbocycles. The molecule has 1 unspecified atom stereocenters. The summed E-state index contributed by atoms with van der Waals surface area (Å²) in [5, 5.41) is 3.65. The molecule has 5 nitrogen and oxygen atoms in total. The minimum Gasteiger partial charge on any atom is -0.367 e. The van der Waals surface area contributed by atoms with E-state index in [9.17, 15) is 0 Å². The van der Waals surface area contributed by atoms with Gasteiger partial charge in [0.05, 0.1) is 6.61 Å². The number of aromatic nitrogens is 2. The van der Waals surface area contributed by atoms with Crippen LogP contribution in [0, 0.1) is 0 Å². The van der Waals surface area contributed by atoms with Crippen molar-refractivity contribution in [3.8, 4) is 0 Å². The molecule has 1 atom stereocenters. The summed E-state index contributed by atoms with van der Waals surface area (Å²) in [6.45, 7) is 7.03. The molecule has 100 valence electrons. The highest BCUT2D eigenvalue weighted by Crippen LogP contribution is 2.22. The van der Waals surface area contributed by atoms with E-state index >= 15 is 0 Å². The van der Waals surface area contributed by atoms with Crippen molar-refractivity contribution in [3.63, 3.8) is 0 Å². The van der Waals surface area contributed by atoms with Crippen molar-refractivity contribution < 1.29 is 9.47 Å². The van der Waals surface area contributed by atoms with Crippen molar-refractivity contribution in [2.75, 3.05) is 18.5 Å². The van der Waals surface area contributed by atoms with Crippen LogP contribution in [-0.2, 0) is 15.9 Å². The van der Waals surface area contributed by atoms with Crippen LogP contribution in [0.5, 0.6) is 0 Å². The lowest BCUT2D eigenvalue weighted by Crippen LogP contribution is -2.26. The minimum absolute atomic E-state index is 0.0267. The van der Waals surface area contributed by atoms with Crippen molar-refractivity contribution in [1.82, 2.24) is 9.97 Å². The fraction of sp³-hybridized carbons (Fsp3) is 0.667. The Morgan fingerprint density at radius 1 is 1.50 bits per heavy atom. The Hall–Kier alpha value is -0.910. The first kappa shape index (κ1) is 13.5. The second-order valence-electron chi connectivity index (χ2n) is 4.68. The van der Waals surface area contributed by atoms with Gasteiger partial charge in [-0.15, -0.1) is 0 Å². The fourth-order valence-electron chi connectivity index (χ4n) is 1.80. The maximum absolute atomic E-state index is 5.92. The van der Waals surface area contributed by atoms with E-state index < -0.39 is 5.79 Å². The lowest BCUT2D eigenvalue weighted by atomic mass is 10.3. The van der Waals surface area contributed by atoms with Gasteiger partial charge in [-0.05, 0) is 13.8 Å². The Morgan fingerprint density at radius 2 is 2.28 bits per heavy atom. The van der Waals surface area contributed by atoms with Crippen molar-refractivity contribution in [2.24, 2.45) is 0 Å². The molecule has 2 rings (SSSR count). The Bertz CT molecular complexity index is 426. The summed E-state index contributed by atoms with van der Waals surface area (Å²) in [5.74, 6) is 0.957. The van der Waals surface area contributed by atoms with E-state index in [1.807, 2.05) is 20.8 Å². The van der Waals surface area contributed by atoms with Gasteiger partial charge < -0.3 is 14.8 Å². The first-order valence-electron chi connectivity index (χ1n) is 6.07. The van der Waals surface area contributed by atoms with Gasteiger partial charge in [-0.25, -0.2) is 9.97 Å². The summed E-state index contributed by atoms with van der Waals surface area (Å²) in [7, 11) is 0. The number of anilines is 1. The van der Waals surface area contributed by atoms with E-state index in [1.165, 1.54) is 0 Å². The Kier molecular flexibility index (Phi) is 4.04. The molecule has 0 saturated carbocycles. The molecule has 0 radical (unpaired) electrons. The van der Waals surface area contributed by atoms with Crippen LogP contribution >= 0.6 is 11.6 Å². The lowest BCUT2D eigenvalue weighted by molar-refractivity contribution is -0.136. The number of hydrogen-bond acceptors (Lipinski definition) is 5. The normalized spacial score (nSPS) is 22.1. The molecule has 0 bridgehead atoms. The number of halogens is 1. The van der Waals surface area contributed by atoms with Crippen LogP contribution in [0.3, 0.4) is 0 Å². The summed E-state index contributed by atoms with van der Waals surface area (Å²) in [5.41, 5.74) is 0. The van der Waals surface area contributed by atoms with Crippen LogP contribution < -0.4 is 5.32 Å². The highest BCUT2D eigenvalue weighted by molar-refractivity contribution is 6.29. The minimum atomic E-state index is -0.496. The molecule has 6 heteroatoms. The zero-order valence-corrected chi connectivity index (χ0v) is 11.6. The van der Waals surface area contributed by atoms with Crippen LogP contribution in [0.25, 0.3) is 0 Å². The average Bonchev–Trinajstić information content (AvgIpc) is 2.65. The summed E-state index contributed by atoms with van der Waals surface area (Å²) in [6, 6.07) is 1.71. The van der Waals surface area contributed by atoms with Crippen LogP contribution in [0.2, 0.25) is 5.15 Å². The molecule has 1 aromatic heterocycles. The third-order valence-corrected chi connectivity index (χ3v) is 2.83. The number of rotatable bonds is 4. The van der Waals surface area contributed by atoms with E-state index in [2.05, 4.69) is 15.3 Å². The molecule has 1 saturated heterocycles. The maximum atomic E-state index is 5.92. The summed E-state index contributed by atoms with van der Waals surface area (Å²) in [4.78, 5) is 8.46. The number of nitrogens with one attached hydrogen (secondary N) is 1. The predicted molar refractivity (Wildman–Crippen MR) is 69.8 cm³/mol. The van der Waals surface area contributed by atoms with Gasteiger partial charge >= 0.3 is 0 Å². The van der Waals surface area contributed by atoms with Gasteiger partial charge in [-0.2, -0.15) is 0 Å². The SMILES string of the molecule is CCc1nc(Cl)cc(NCC2COC(C)(C)O2)n1. The third kappa shape index (κ3) is 3.54. The maximum Gasteiger partial charge on any atom is 0.163 e. The second-order valence-corrected chi connectivity index (χ2v) is 5.06. The highest BCUT2D eigenvalue weighted by atomic mass is 35.5. The topological polar surface area (TPSA) is 56.3 Å². The molecule has 0 aliphatic carbocycles. The van der Waals surface area contributed by atoms with E-state index in [-0.39, 0.29) is 6.10 Å². The van der Waals surface area contributed by atoms with E-state index in [0.29, 0.717) is 18.3 Å². The molecule has 1 aromatic rings. The molecular formula is C12H18ClN3O2. The quantitative estimate of drug-likeness (QED) is 0.852. The number of hydrogen-bond donors (Lipinski definition) is 1. The van der Waals surface area contributed by atoms with Crippen molar-refractivity contribution >= 4 is 17.4 Å². The van der Waals surface area contributed by atoms with Gasteiger partial charge in [0.2, 0.25) is 0 Å². The summed E-state index contributed by atoms with van der Waals surface area (Å²) in [6.07, 6.45) is 0.782. The van der Waals surface area contributed by atoms with Gasteiger partial charge in [0.25, 0.3) is 0 Å². The van der Waals surface area contributed by atoms with Crippen molar-refractivity contribution in [1.29, 1.82) is 0 Å². The summed E-state index contributed by atoms with van der Waals surface area (Å²) >= 11 is 5.92. The first-order chi connectivity index (χ1) is 8.48. The highest BCUT2D eigenvalue weighted by Gasteiger charge is 2.32. The standard InChI is InChI=1S/C12H18ClN3O2/c1-4-10-15-9(13)5-11(16-10)14-6-8-7-17-12(2,3)18-8/h5,8H,4,6-7H2,1-3H3,(H,14,15,16). The Morgan fingerprint density at radius 3 is 2.89 bits per heavy atom. The largest absolute Gasteiger partial charge is 0.367 e. The monoisotopic (exact) mass is 271 g/mol. The molecule has 0 spiro atoms. The van der Waals surface area contributed by atoms with Crippen LogP contribution in [0.15, 0.2) is 6.07 Å². The Labute approximate surface area is 112 Å². The van der Waals surface area contributed by atoms with Crippen molar-refractivity contribution in [2.45, 2.75) is 39.1 Å².